The van der Waals surface area contributed by atoms with Gasteiger partial charge in [0.2, 0.25) is 11.8 Å². The molecule has 2 rings (SSSR count). The molecule has 234 valence electrons. The Balaban J connectivity index is 1.97. The summed E-state index contributed by atoms with van der Waals surface area (Å²) in [6.45, 7) is 3.55. The van der Waals surface area contributed by atoms with Gasteiger partial charge in [0.05, 0.1) is 12.6 Å². The fourth-order valence-corrected chi connectivity index (χ4v) is 4.46. The Morgan fingerprint density at radius 2 is 1.51 bits per heavy atom. The number of nitrogens with one attached hydrogen (secondary N) is 4. The van der Waals surface area contributed by atoms with E-state index in [1.807, 2.05) is 6.92 Å². The maximum Gasteiger partial charge on any atom is 0.326 e. The third-order valence-electron chi connectivity index (χ3n) is 6.85. The fraction of sp³-hybridized carbons (Fsp3) is 0.448. The molecule has 0 spiro atoms. The van der Waals surface area contributed by atoms with Gasteiger partial charge >= 0.3 is 11.9 Å². The van der Waals surface area contributed by atoms with E-state index in [4.69, 9.17) is 14.7 Å². The van der Waals surface area contributed by atoms with Gasteiger partial charge < -0.3 is 30.6 Å². The molecule has 14 nitrogen and oxygen atoms in total. The Hall–Kier alpha value is -4.72. The first-order chi connectivity index (χ1) is 20.5. The highest BCUT2D eigenvalue weighted by Crippen LogP contribution is 2.24. The zero-order chi connectivity index (χ0) is 31.9. The molecular formula is C29H38N4O10. The highest BCUT2D eigenvalue weighted by atomic mass is 16.5. The molecule has 0 saturated heterocycles. The van der Waals surface area contributed by atoms with Crippen molar-refractivity contribution in [2.45, 2.75) is 64.8 Å². The number of benzene rings is 1. The van der Waals surface area contributed by atoms with Crippen molar-refractivity contribution in [3.8, 4) is 11.3 Å². The molecule has 0 bridgehead atoms. The first-order valence-corrected chi connectivity index (χ1v) is 14.0. The Morgan fingerprint density at radius 3 is 2.09 bits per heavy atom. The summed E-state index contributed by atoms with van der Waals surface area (Å²) < 4.78 is 5.61. The predicted octanol–water partition coefficient (Wildman–Crippen LogP) is 2.53. The Kier molecular flexibility index (Phi) is 13.9. The van der Waals surface area contributed by atoms with Crippen molar-refractivity contribution in [3.05, 3.63) is 47.7 Å². The number of carboxylic acid groups (broad SMARTS) is 2. The minimum atomic E-state index is -1.36. The zero-order valence-corrected chi connectivity index (χ0v) is 24.1. The average molecular weight is 603 g/mol. The molecule has 2 aromatic rings. The second-order valence-electron chi connectivity index (χ2n) is 9.85. The Labute approximate surface area is 248 Å². The lowest BCUT2D eigenvalue weighted by atomic mass is 9.84. The molecule has 1 aromatic carbocycles. The Bertz CT molecular complexity index is 1270. The molecule has 0 radical (unpaired) electrons. The van der Waals surface area contributed by atoms with Crippen LogP contribution in [0.4, 0.5) is 0 Å². The first-order valence-electron chi connectivity index (χ1n) is 14.0. The number of rotatable bonds is 18. The summed E-state index contributed by atoms with van der Waals surface area (Å²) in [5.41, 5.74) is 2.28. The first kappa shape index (κ1) is 34.5. The maximum atomic E-state index is 12.9. The highest BCUT2D eigenvalue weighted by Gasteiger charge is 2.32. The monoisotopic (exact) mass is 602 g/mol. The van der Waals surface area contributed by atoms with Crippen molar-refractivity contribution >= 4 is 35.6 Å². The zero-order valence-electron chi connectivity index (χ0n) is 24.1. The average Bonchev–Trinajstić information content (AvgIpc) is 3.49. The van der Waals surface area contributed by atoms with Crippen molar-refractivity contribution in [2.24, 2.45) is 11.8 Å². The van der Waals surface area contributed by atoms with Crippen molar-refractivity contribution in [1.82, 2.24) is 21.4 Å². The summed E-state index contributed by atoms with van der Waals surface area (Å²) in [5.74, 6) is -6.03. The van der Waals surface area contributed by atoms with Crippen molar-refractivity contribution in [1.29, 1.82) is 0 Å². The van der Waals surface area contributed by atoms with Crippen molar-refractivity contribution in [3.63, 3.8) is 0 Å². The van der Waals surface area contributed by atoms with Gasteiger partial charge in [0.1, 0.15) is 11.8 Å². The molecular weight excluding hydrogens is 564 g/mol. The van der Waals surface area contributed by atoms with Crippen molar-refractivity contribution in [2.75, 3.05) is 6.67 Å². The van der Waals surface area contributed by atoms with Gasteiger partial charge in [0.15, 0.2) is 5.76 Å². The Morgan fingerprint density at radius 1 is 0.814 bits per heavy atom. The smallest absolute Gasteiger partial charge is 0.326 e. The molecule has 0 unspecified atom stereocenters. The van der Waals surface area contributed by atoms with E-state index in [0.29, 0.717) is 24.2 Å². The summed E-state index contributed by atoms with van der Waals surface area (Å²) in [4.78, 5) is 72.1. The normalized spacial score (nSPS) is 12.8. The SMILES string of the molecule is CCCCC[C@@H](C(=O)NCNC(=O)c1ccc(-c2ccc(C(=O)N[C@@H](CCC(=O)O)C(=O)O)cc2)o1)[C@@H](CC)C(=O)NO. The maximum absolute atomic E-state index is 12.9. The van der Waals surface area contributed by atoms with Crippen LogP contribution in [0, 0.1) is 11.8 Å². The fourth-order valence-electron chi connectivity index (χ4n) is 4.46. The van der Waals surface area contributed by atoms with Gasteiger partial charge in [-0.05, 0) is 43.5 Å². The van der Waals surface area contributed by atoms with Crippen molar-refractivity contribution < 1.29 is 48.6 Å². The number of carbonyl (C=O) groups excluding carboxylic acids is 4. The molecule has 1 aromatic heterocycles. The molecule has 0 saturated carbocycles. The highest BCUT2D eigenvalue weighted by molar-refractivity contribution is 5.97. The number of hydrogen-bond acceptors (Lipinski definition) is 8. The van der Waals surface area contributed by atoms with E-state index in [-0.39, 0.29) is 24.4 Å². The van der Waals surface area contributed by atoms with Crippen LogP contribution in [0.2, 0.25) is 0 Å². The van der Waals surface area contributed by atoms with Crippen LogP contribution in [-0.2, 0) is 19.2 Å². The molecule has 0 fully saturated rings. The molecule has 3 atom stereocenters. The number of amides is 4. The van der Waals surface area contributed by atoms with E-state index in [1.54, 1.807) is 12.4 Å². The van der Waals surface area contributed by atoms with E-state index in [0.717, 1.165) is 19.3 Å². The number of hydrogen-bond donors (Lipinski definition) is 7. The third kappa shape index (κ3) is 10.6. The lowest BCUT2D eigenvalue weighted by Crippen LogP contribution is -2.44. The quantitative estimate of drug-likeness (QED) is 0.0571. The minimum absolute atomic E-state index is 0.0422. The number of unbranched alkanes of at least 4 members (excludes halogenated alkanes) is 2. The second kappa shape index (κ2) is 17.3. The summed E-state index contributed by atoms with van der Waals surface area (Å²) in [7, 11) is 0. The lowest BCUT2D eigenvalue weighted by molar-refractivity contribution is -0.141. The van der Waals surface area contributed by atoms with Gasteiger partial charge in [-0.15, -0.1) is 0 Å². The molecule has 14 heteroatoms. The number of hydroxylamine groups is 1. The van der Waals surface area contributed by atoms with Gasteiger partial charge in [-0.25, -0.2) is 10.3 Å². The standard InChI is InChI=1S/C29H38N4O10/c1-3-5-6-7-20(19(4-2)27(38)33-42)26(37)30-16-31-28(39)23-14-13-22(43-23)17-8-10-18(11-9-17)25(36)32-21(29(40)41)12-15-24(34)35/h8-11,13-14,19-21,42H,3-7,12,15-16H2,1-2H3,(H,30,37)(H,31,39)(H,32,36)(H,33,38)(H,34,35)(H,40,41)/t19-,20-,21+/m1/s1. The number of aliphatic carboxylic acids is 2. The predicted molar refractivity (Wildman–Crippen MR) is 152 cm³/mol. The summed E-state index contributed by atoms with van der Waals surface area (Å²) >= 11 is 0. The van der Waals surface area contributed by atoms with Crippen LogP contribution in [0.5, 0.6) is 0 Å². The molecule has 1 heterocycles. The van der Waals surface area contributed by atoms with E-state index in [9.17, 15) is 33.9 Å². The number of carboxylic acids is 2. The molecule has 43 heavy (non-hydrogen) atoms. The number of furan rings is 1. The third-order valence-corrected chi connectivity index (χ3v) is 6.85. The van der Waals surface area contributed by atoms with Crippen LogP contribution in [0.1, 0.15) is 79.7 Å². The largest absolute Gasteiger partial charge is 0.481 e. The van der Waals surface area contributed by atoms with E-state index < -0.39 is 59.9 Å². The lowest BCUT2D eigenvalue weighted by Gasteiger charge is -2.24. The van der Waals surface area contributed by atoms with Crippen LogP contribution in [0.25, 0.3) is 11.3 Å². The molecule has 0 aliphatic carbocycles. The molecule has 0 aliphatic heterocycles. The molecule has 0 aliphatic rings. The summed E-state index contributed by atoms with van der Waals surface area (Å²) in [5, 5.41) is 34.5. The van der Waals surface area contributed by atoms with E-state index in [2.05, 4.69) is 16.0 Å². The number of carbonyl (C=O) groups is 6. The molecule has 4 amide bonds. The molecule has 7 N–H and O–H groups in total. The van der Waals surface area contributed by atoms with Crippen LogP contribution in [0.15, 0.2) is 40.8 Å². The van der Waals surface area contributed by atoms with E-state index >= 15 is 0 Å². The van der Waals surface area contributed by atoms with Crippen LogP contribution in [0.3, 0.4) is 0 Å². The van der Waals surface area contributed by atoms with E-state index in [1.165, 1.54) is 36.4 Å². The van der Waals surface area contributed by atoms with Crippen LogP contribution in [-0.4, -0.2) is 63.7 Å². The summed E-state index contributed by atoms with van der Waals surface area (Å²) in [6, 6.07) is 7.53. The van der Waals surface area contributed by atoms with Gasteiger partial charge in [-0.3, -0.25) is 29.2 Å². The van der Waals surface area contributed by atoms with Gasteiger partial charge in [-0.2, -0.15) is 0 Å². The van der Waals surface area contributed by atoms with Crippen LogP contribution >= 0.6 is 0 Å². The minimum Gasteiger partial charge on any atom is -0.481 e. The second-order valence-corrected chi connectivity index (χ2v) is 9.85. The van der Waals surface area contributed by atoms with Gasteiger partial charge in [0.25, 0.3) is 11.8 Å². The van der Waals surface area contributed by atoms with Gasteiger partial charge in [0, 0.05) is 23.5 Å². The van der Waals surface area contributed by atoms with Gasteiger partial charge in [-0.1, -0.05) is 45.2 Å². The van der Waals surface area contributed by atoms with Crippen LogP contribution < -0.4 is 21.4 Å². The topological polar surface area (TPSA) is 224 Å². The summed E-state index contributed by atoms with van der Waals surface area (Å²) in [6.07, 6.45) is 2.66.